The highest BCUT2D eigenvalue weighted by molar-refractivity contribution is 8.01. The van der Waals surface area contributed by atoms with Crippen LogP contribution in [0.5, 0.6) is 0 Å². The predicted octanol–water partition coefficient (Wildman–Crippen LogP) is 4.95. The molecule has 288 valence electrons. The number of carbonyl (C=O) groups is 6. The van der Waals surface area contributed by atoms with Crippen molar-refractivity contribution in [2.24, 2.45) is 11.8 Å². The van der Waals surface area contributed by atoms with E-state index in [1.54, 1.807) is 48.6 Å². The first-order valence-corrected chi connectivity index (χ1v) is 20.6. The molecule has 12 nitrogen and oxygen atoms in total. The van der Waals surface area contributed by atoms with E-state index >= 15 is 0 Å². The van der Waals surface area contributed by atoms with E-state index < -0.39 is 23.1 Å². The minimum Gasteiger partial charge on any atom is -0.379 e. The Morgan fingerprint density at radius 2 is 1.73 bits per heavy atom. The van der Waals surface area contributed by atoms with Crippen molar-refractivity contribution in [1.82, 2.24) is 15.1 Å². The molecular formula is C38H57N5O7S2. The molecule has 7 unspecified atom stereocenters. The lowest BCUT2D eigenvalue weighted by Gasteiger charge is -2.37. The van der Waals surface area contributed by atoms with Crippen LogP contribution in [0.4, 0.5) is 11.4 Å². The SMILES string of the molecule is CCC(C)C(C(CC)OC)N(C)C(=O)CNC(=O)C(C(C)C)N(C)C(=O)c1cc2cc(c1)N1C(=O)CC(SC3CCCC(C3)SCCC(=O)N2)C1=O. The zero-order chi connectivity index (χ0) is 38.3. The maximum atomic E-state index is 14.2. The average Bonchev–Trinajstić information content (AvgIpc) is 3.39. The maximum Gasteiger partial charge on any atom is 0.254 e. The maximum absolute atomic E-state index is 14.2. The van der Waals surface area contributed by atoms with Gasteiger partial charge in [-0.25, -0.2) is 4.90 Å². The molecule has 0 aromatic heterocycles. The van der Waals surface area contributed by atoms with Gasteiger partial charge in [-0.05, 0) is 55.7 Å². The van der Waals surface area contributed by atoms with Gasteiger partial charge in [-0.3, -0.25) is 28.8 Å². The molecule has 4 rings (SSSR count). The molecule has 1 aromatic carbocycles. The van der Waals surface area contributed by atoms with Crippen LogP contribution in [0.1, 0.15) is 96.3 Å². The summed E-state index contributed by atoms with van der Waals surface area (Å²) in [6.45, 7) is 9.52. The fourth-order valence-electron chi connectivity index (χ4n) is 7.67. The first-order chi connectivity index (χ1) is 24.7. The highest BCUT2D eigenvalue weighted by atomic mass is 32.2. The number of hydrogen-bond acceptors (Lipinski definition) is 9. The summed E-state index contributed by atoms with van der Waals surface area (Å²) in [5.41, 5.74) is 0.596. The van der Waals surface area contributed by atoms with Crippen LogP contribution in [0.3, 0.4) is 0 Å². The number of methoxy groups -OCH3 is 1. The van der Waals surface area contributed by atoms with Gasteiger partial charge in [0.05, 0.1) is 29.6 Å². The molecule has 2 fully saturated rings. The number of hydrogen-bond donors (Lipinski definition) is 2. The number of likely N-dealkylation sites (N-methyl/N-ethyl adjacent to an activating group) is 2. The molecule has 2 heterocycles. The number of thioether (sulfide) groups is 2. The zero-order valence-electron chi connectivity index (χ0n) is 31.9. The van der Waals surface area contributed by atoms with Crippen molar-refractivity contribution in [2.45, 2.75) is 120 Å². The summed E-state index contributed by atoms with van der Waals surface area (Å²) in [6.07, 6.45) is 5.82. The lowest BCUT2D eigenvalue weighted by Crippen LogP contribution is -2.54. The minimum atomic E-state index is -0.950. The van der Waals surface area contributed by atoms with Crippen molar-refractivity contribution in [3.8, 4) is 0 Å². The van der Waals surface area contributed by atoms with Crippen LogP contribution in [-0.4, -0.2) is 113 Å². The monoisotopic (exact) mass is 759 g/mol. The quantitative estimate of drug-likeness (QED) is 0.283. The number of nitrogens with zero attached hydrogens (tertiary/aromatic N) is 3. The standard InChI is InChI=1S/C38H57N5O7S2/c1-9-23(5)35(29(10-2)50-8)41(6)33(46)21-39-36(47)34(22(3)4)42(7)37(48)24-16-25-18-26(17-24)43-32(45)20-30(38(43)49)52-28-13-11-12-27(19-28)51-15-14-31(44)40-25/h16-18,22-23,27-30,34-35H,9-15,19-21H2,1-8H3,(H,39,47)(H,40,44). The van der Waals surface area contributed by atoms with E-state index in [1.165, 1.54) is 24.1 Å². The molecule has 1 aliphatic carbocycles. The number of carbonyl (C=O) groups excluding carboxylic acids is 6. The Bertz CT molecular complexity index is 1490. The summed E-state index contributed by atoms with van der Waals surface area (Å²) in [5, 5.41) is 5.79. The van der Waals surface area contributed by atoms with Crippen molar-refractivity contribution in [2.75, 3.05) is 43.7 Å². The smallest absolute Gasteiger partial charge is 0.254 e. The molecule has 0 radical (unpaired) electrons. The molecule has 1 saturated heterocycles. The number of benzene rings is 1. The van der Waals surface area contributed by atoms with Crippen molar-refractivity contribution < 1.29 is 33.5 Å². The van der Waals surface area contributed by atoms with Crippen LogP contribution in [-0.2, 0) is 28.7 Å². The van der Waals surface area contributed by atoms with Crippen molar-refractivity contribution >= 4 is 70.3 Å². The number of amides is 6. The molecule has 6 bridgehead atoms. The van der Waals surface area contributed by atoms with Crippen LogP contribution < -0.4 is 15.5 Å². The molecule has 14 heteroatoms. The molecule has 3 aliphatic rings. The third-order valence-electron chi connectivity index (χ3n) is 10.6. The Hall–Kier alpha value is -3.10. The summed E-state index contributed by atoms with van der Waals surface area (Å²) < 4.78 is 5.69. The molecule has 7 atom stereocenters. The van der Waals surface area contributed by atoms with E-state index in [1.807, 2.05) is 20.8 Å². The van der Waals surface area contributed by atoms with Gasteiger partial charge in [-0.2, -0.15) is 11.8 Å². The lowest BCUT2D eigenvalue weighted by molar-refractivity contribution is -0.138. The number of anilines is 2. The first-order valence-electron chi connectivity index (χ1n) is 18.6. The van der Waals surface area contributed by atoms with Crippen LogP contribution in [0, 0.1) is 11.8 Å². The summed E-state index contributed by atoms with van der Waals surface area (Å²) in [5.74, 6) is -1.72. The van der Waals surface area contributed by atoms with Gasteiger partial charge >= 0.3 is 0 Å². The molecular weight excluding hydrogens is 703 g/mol. The van der Waals surface area contributed by atoms with Gasteiger partial charge in [0.25, 0.3) is 5.91 Å². The first kappa shape index (κ1) is 41.7. The van der Waals surface area contributed by atoms with E-state index in [0.717, 1.165) is 43.4 Å². The Kier molecular flexibility index (Phi) is 15.0. The third-order valence-corrected chi connectivity index (χ3v) is 13.5. The highest BCUT2D eigenvalue weighted by Gasteiger charge is 2.42. The Morgan fingerprint density at radius 3 is 2.38 bits per heavy atom. The summed E-state index contributed by atoms with van der Waals surface area (Å²) >= 11 is 3.35. The average molecular weight is 760 g/mol. The second-order valence-electron chi connectivity index (χ2n) is 14.6. The molecule has 2 aliphatic heterocycles. The van der Waals surface area contributed by atoms with Gasteiger partial charge < -0.3 is 25.2 Å². The number of fused-ring (bicyclic) bond motifs is 7. The van der Waals surface area contributed by atoms with Crippen LogP contribution >= 0.6 is 23.5 Å². The van der Waals surface area contributed by atoms with Crippen molar-refractivity contribution in [1.29, 1.82) is 0 Å². The summed E-state index contributed by atoms with van der Waals surface area (Å²) in [4.78, 5) is 85.5. The van der Waals surface area contributed by atoms with Crippen molar-refractivity contribution in [3.63, 3.8) is 0 Å². The van der Waals surface area contributed by atoms with E-state index in [-0.39, 0.29) is 89.2 Å². The molecule has 0 spiro atoms. The summed E-state index contributed by atoms with van der Waals surface area (Å²) in [6, 6.07) is 3.42. The third kappa shape index (κ3) is 9.90. The largest absolute Gasteiger partial charge is 0.379 e. The molecule has 2 N–H and O–H groups in total. The predicted molar refractivity (Wildman–Crippen MR) is 208 cm³/mol. The van der Waals surface area contributed by atoms with Gasteiger partial charge in [0, 0.05) is 61.6 Å². The van der Waals surface area contributed by atoms with Gasteiger partial charge in [0.1, 0.15) is 6.04 Å². The second-order valence-corrected chi connectivity index (χ2v) is 17.5. The van der Waals surface area contributed by atoms with Crippen molar-refractivity contribution in [3.05, 3.63) is 23.8 Å². The van der Waals surface area contributed by atoms with E-state index in [4.69, 9.17) is 4.74 Å². The van der Waals surface area contributed by atoms with E-state index in [0.29, 0.717) is 11.0 Å². The Labute approximate surface area is 317 Å². The molecule has 52 heavy (non-hydrogen) atoms. The van der Waals surface area contributed by atoms with Gasteiger partial charge in [0.15, 0.2) is 0 Å². The van der Waals surface area contributed by atoms with Gasteiger partial charge in [0.2, 0.25) is 29.5 Å². The van der Waals surface area contributed by atoms with Gasteiger partial charge in [-0.1, -0.05) is 47.5 Å². The Morgan fingerprint density at radius 1 is 1.02 bits per heavy atom. The normalized spacial score (nSPS) is 23.1. The zero-order valence-corrected chi connectivity index (χ0v) is 33.6. The Balaban J connectivity index is 1.57. The van der Waals surface area contributed by atoms with Crippen LogP contribution in [0.15, 0.2) is 18.2 Å². The number of rotatable bonds is 12. The van der Waals surface area contributed by atoms with Gasteiger partial charge in [-0.15, -0.1) is 11.8 Å². The van der Waals surface area contributed by atoms with E-state index in [9.17, 15) is 28.8 Å². The molecule has 6 amide bonds. The van der Waals surface area contributed by atoms with E-state index in [2.05, 4.69) is 24.5 Å². The second kappa shape index (κ2) is 18.8. The molecule has 1 saturated carbocycles. The minimum absolute atomic E-state index is 0.0732. The lowest BCUT2D eigenvalue weighted by atomic mass is 9.91. The summed E-state index contributed by atoms with van der Waals surface area (Å²) in [7, 11) is 4.87. The highest BCUT2D eigenvalue weighted by Crippen LogP contribution is 2.41. The molecule has 1 aromatic rings. The number of imide groups is 1. The topological polar surface area (TPSA) is 145 Å². The number of nitrogens with one attached hydrogen (secondary N) is 2. The fraction of sp³-hybridized carbons (Fsp3) is 0.684. The fourth-order valence-corrected chi connectivity index (χ4v) is 10.7. The van der Waals surface area contributed by atoms with Crippen LogP contribution in [0.25, 0.3) is 0 Å². The van der Waals surface area contributed by atoms with Crippen LogP contribution in [0.2, 0.25) is 0 Å². The number of ether oxygens (including phenoxy) is 1.